The number of anilines is 3. The van der Waals surface area contributed by atoms with E-state index in [2.05, 4.69) is 35.7 Å². The number of hydrogen-bond donors (Lipinski definition) is 2. The Hall–Kier alpha value is -5.48. The maximum atomic E-state index is 14.7. The molecule has 232 valence electrons. The lowest BCUT2D eigenvalue weighted by molar-refractivity contribution is -0.144. The van der Waals surface area contributed by atoms with Gasteiger partial charge in [0.2, 0.25) is 11.8 Å². The van der Waals surface area contributed by atoms with Crippen LogP contribution in [0.25, 0.3) is 16.7 Å². The number of rotatable bonds is 7. The van der Waals surface area contributed by atoms with E-state index >= 15 is 0 Å². The smallest absolute Gasteiger partial charge is 0.353 e. The van der Waals surface area contributed by atoms with Gasteiger partial charge in [-0.3, -0.25) is 14.4 Å². The molecule has 1 saturated heterocycles. The van der Waals surface area contributed by atoms with Crippen molar-refractivity contribution in [2.24, 2.45) is 0 Å². The molecular formula is C28H24F4N10O3. The number of hydrogen-bond acceptors (Lipinski definition) is 9. The normalized spacial score (nSPS) is 16.8. The zero-order valence-electron chi connectivity index (χ0n) is 23.7. The van der Waals surface area contributed by atoms with Crippen LogP contribution in [0, 0.1) is 6.92 Å². The van der Waals surface area contributed by atoms with E-state index in [1.165, 1.54) is 32.4 Å². The van der Waals surface area contributed by atoms with E-state index < -0.39 is 41.8 Å². The number of halogens is 4. The average Bonchev–Trinajstić information content (AvgIpc) is 3.69. The van der Waals surface area contributed by atoms with Crippen molar-refractivity contribution in [3.05, 3.63) is 66.3 Å². The summed E-state index contributed by atoms with van der Waals surface area (Å²) in [5.41, 5.74) is 2.44. The fraction of sp³-hybridized carbons (Fsp3) is 0.286. The Morgan fingerprint density at radius 1 is 1.07 bits per heavy atom. The van der Waals surface area contributed by atoms with Gasteiger partial charge in [-0.2, -0.15) is 22.7 Å². The van der Waals surface area contributed by atoms with Crippen molar-refractivity contribution in [1.29, 1.82) is 0 Å². The first-order valence-electron chi connectivity index (χ1n) is 13.6. The molecule has 0 aliphatic carbocycles. The first-order valence-corrected chi connectivity index (χ1v) is 13.6. The summed E-state index contributed by atoms with van der Waals surface area (Å²) in [6.07, 6.45) is -0.607. The molecule has 2 amide bonds. The SMILES string of the molecule is CC(=O)c1cn(CC(=O)N2C[C@H](F)C[C@H]2C(=O)Nc2cc(C)nc3nc(C(F)(F)F)nn23)c2ccc(Nc3cncnc3)cc12. The van der Waals surface area contributed by atoms with Crippen LogP contribution in [0.1, 0.15) is 35.2 Å². The van der Waals surface area contributed by atoms with Crippen molar-refractivity contribution in [3.63, 3.8) is 0 Å². The summed E-state index contributed by atoms with van der Waals surface area (Å²) in [4.78, 5) is 55.6. The molecule has 17 heteroatoms. The van der Waals surface area contributed by atoms with Crippen LogP contribution in [-0.2, 0) is 22.3 Å². The van der Waals surface area contributed by atoms with Crippen molar-refractivity contribution in [1.82, 2.24) is 39.0 Å². The molecular weight excluding hydrogens is 600 g/mol. The number of carbonyl (C=O) groups is 3. The van der Waals surface area contributed by atoms with Gasteiger partial charge in [0.15, 0.2) is 5.78 Å². The van der Waals surface area contributed by atoms with Crippen LogP contribution in [0.4, 0.5) is 34.8 Å². The molecule has 6 rings (SSSR count). The Kier molecular flexibility index (Phi) is 7.38. The summed E-state index contributed by atoms with van der Waals surface area (Å²) in [5, 5.41) is 9.59. The number of nitrogens with one attached hydrogen (secondary N) is 2. The highest BCUT2D eigenvalue weighted by Gasteiger charge is 2.41. The predicted molar refractivity (Wildman–Crippen MR) is 151 cm³/mol. The Bertz CT molecular complexity index is 1960. The Balaban J connectivity index is 1.25. The molecule has 0 radical (unpaired) electrons. The van der Waals surface area contributed by atoms with E-state index in [4.69, 9.17) is 0 Å². The predicted octanol–water partition coefficient (Wildman–Crippen LogP) is 3.72. The Morgan fingerprint density at radius 3 is 2.53 bits per heavy atom. The molecule has 4 aromatic heterocycles. The number of nitrogens with zero attached hydrogens (tertiary/aromatic N) is 8. The summed E-state index contributed by atoms with van der Waals surface area (Å²) in [7, 11) is 0. The van der Waals surface area contributed by atoms with Crippen LogP contribution in [0.2, 0.25) is 0 Å². The van der Waals surface area contributed by atoms with Gasteiger partial charge in [-0.1, -0.05) is 0 Å². The summed E-state index contributed by atoms with van der Waals surface area (Å²) < 4.78 is 56.6. The molecule has 5 aromatic rings. The largest absolute Gasteiger partial charge is 0.453 e. The third kappa shape index (κ3) is 5.87. The van der Waals surface area contributed by atoms with Crippen molar-refractivity contribution >= 4 is 51.5 Å². The highest BCUT2D eigenvalue weighted by atomic mass is 19.4. The van der Waals surface area contributed by atoms with Gasteiger partial charge in [0.1, 0.15) is 30.9 Å². The minimum Gasteiger partial charge on any atom is -0.353 e. The maximum Gasteiger partial charge on any atom is 0.453 e. The molecule has 0 saturated carbocycles. The molecule has 0 spiro atoms. The van der Waals surface area contributed by atoms with Crippen LogP contribution in [0.5, 0.6) is 0 Å². The number of ketones is 1. The quantitative estimate of drug-likeness (QED) is 0.204. The summed E-state index contributed by atoms with van der Waals surface area (Å²) in [6.45, 7) is 2.21. The van der Waals surface area contributed by atoms with Crippen LogP contribution in [0.15, 0.2) is 49.2 Å². The third-order valence-electron chi connectivity index (χ3n) is 7.23. The van der Waals surface area contributed by atoms with E-state index in [1.54, 1.807) is 35.2 Å². The first-order chi connectivity index (χ1) is 21.4. The van der Waals surface area contributed by atoms with Gasteiger partial charge in [0, 0.05) is 46.5 Å². The van der Waals surface area contributed by atoms with Crippen LogP contribution >= 0.6 is 0 Å². The second-order valence-electron chi connectivity index (χ2n) is 10.5. The lowest BCUT2D eigenvalue weighted by Gasteiger charge is -2.24. The van der Waals surface area contributed by atoms with Crippen molar-refractivity contribution in [3.8, 4) is 0 Å². The van der Waals surface area contributed by atoms with E-state index in [9.17, 15) is 31.9 Å². The second-order valence-corrected chi connectivity index (χ2v) is 10.5. The van der Waals surface area contributed by atoms with Crippen LogP contribution in [-0.4, -0.2) is 75.4 Å². The number of amides is 2. The molecule has 1 aliphatic heterocycles. The van der Waals surface area contributed by atoms with Gasteiger partial charge in [-0.25, -0.2) is 19.3 Å². The number of fused-ring (bicyclic) bond motifs is 2. The summed E-state index contributed by atoms with van der Waals surface area (Å²) in [5.74, 6) is -3.66. The molecule has 5 heterocycles. The molecule has 45 heavy (non-hydrogen) atoms. The highest BCUT2D eigenvalue weighted by molar-refractivity contribution is 6.08. The first kappa shape index (κ1) is 29.6. The van der Waals surface area contributed by atoms with Crippen molar-refractivity contribution in [2.45, 2.75) is 45.2 Å². The van der Waals surface area contributed by atoms with Crippen LogP contribution in [0.3, 0.4) is 0 Å². The monoisotopic (exact) mass is 624 g/mol. The zero-order valence-corrected chi connectivity index (χ0v) is 23.7. The number of aromatic nitrogens is 7. The van der Waals surface area contributed by atoms with Gasteiger partial charge in [-0.05, 0) is 32.0 Å². The van der Waals surface area contributed by atoms with E-state index in [0.717, 1.165) is 9.42 Å². The average molecular weight is 625 g/mol. The standard InChI is InChI=1S/C28H24F4N10O3/c1-14-5-23(42-27(35-14)38-26(39-42)28(30,31)32)37-25(45)22-6-16(29)10-41(22)24(44)12-40-11-20(15(2)43)19-7-17(3-4-21(19)40)36-18-8-33-13-34-9-18/h3-5,7-9,11,13,16,22,36H,6,10,12H2,1-2H3,(H,37,45)/t16-,22+/m1/s1. The Labute approximate surface area is 251 Å². The maximum absolute atomic E-state index is 14.7. The minimum absolute atomic E-state index is 0.172. The van der Waals surface area contributed by atoms with Crippen molar-refractivity contribution < 1.29 is 31.9 Å². The van der Waals surface area contributed by atoms with E-state index in [1.807, 2.05) is 0 Å². The van der Waals surface area contributed by atoms with Gasteiger partial charge in [-0.15, -0.1) is 5.10 Å². The summed E-state index contributed by atoms with van der Waals surface area (Å²) in [6, 6.07) is 5.24. The highest BCUT2D eigenvalue weighted by Crippen LogP contribution is 2.30. The number of carbonyl (C=O) groups excluding carboxylic acids is 3. The number of benzene rings is 1. The zero-order chi connectivity index (χ0) is 32.0. The van der Waals surface area contributed by atoms with Crippen LogP contribution < -0.4 is 10.6 Å². The molecule has 2 N–H and O–H groups in total. The number of aryl methyl sites for hydroxylation is 1. The summed E-state index contributed by atoms with van der Waals surface area (Å²) >= 11 is 0. The lowest BCUT2D eigenvalue weighted by atomic mass is 10.1. The fourth-order valence-corrected chi connectivity index (χ4v) is 5.27. The number of likely N-dealkylation sites (tertiary alicyclic amines) is 1. The topological polar surface area (TPSA) is 152 Å². The molecule has 2 atom stereocenters. The molecule has 1 fully saturated rings. The van der Waals surface area contributed by atoms with Gasteiger partial charge in [0.25, 0.3) is 11.6 Å². The number of alkyl halides is 4. The van der Waals surface area contributed by atoms with Gasteiger partial charge >= 0.3 is 6.18 Å². The number of Topliss-reactive ketones (excluding diaryl/α,β-unsaturated/α-hetero) is 1. The van der Waals surface area contributed by atoms with Gasteiger partial charge < -0.3 is 20.1 Å². The molecule has 0 unspecified atom stereocenters. The third-order valence-corrected chi connectivity index (χ3v) is 7.23. The Morgan fingerprint density at radius 2 is 1.82 bits per heavy atom. The molecule has 1 aromatic carbocycles. The molecule has 13 nitrogen and oxygen atoms in total. The van der Waals surface area contributed by atoms with Gasteiger partial charge in [0.05, 0.1) is 24.6 Å². The minimum atomic E-state index is -4.85. The molecule has 0 bridgehead atoms. The lowest BCUT2D eigenvalue weighted by Crippen LogP contribution is -2.44. The molecule has 1 aliphatic rings. The van der Waals surface area contributed by atoms with E-state index in [-0.39, 0.29) is 36.8 Å². The fourth-order valence-electron chi connectivity index (χ4n) is 5.27. The van der Waals surface area contributed by atoms with Crippen molar-refractivity contribution in [2.75, 3.05) is 17.2 Å². The second kappa shape index (κ2) is 11.2. The van der Waals surface area contributed by atoms with E-state index in [0.29, 0.717) is 27.8 Å².